The summed E-state index contributed by atoms with van der Waals surface area (Å²) in [5.74, 6) is 0. The molecule has 7 aromatic carbocycles. The third kappa shape index (κ3) is 3.15. The van der Waals surface area contributed by atoms with Crippen molar-refractivity contribution >= 4 is 43.6 Å². The van der Waals surface area contributed by atoms with Crippen molar-refractivity contribution in [1.29, 1.82) is 0 Å². The Kier molecular flexibility index (Phi) is 4.71. The minimum absolute atomic E-state index is 0.986. The second-order valence-electron chi connectivity index (χ2n) is 12.9. The number of para-hydroxylation sites is 2. The molecule has 11 rings (SSSR count). The van der Waals surface area contributed by atoms with Crippen LogP contribution in [0.3, 0.4) is 0 Å². The first-order valence-electron chi connectivity index (χ1n) is 16.2. The van der Waals surface area contributed by atoms with Crippen LogP contribution in [0, 0.1) is 0 Å². The third-order valence-electron chi connectivity index (χ3n) is 10.5. The van der Waals surface area contributed by atoms with Gasteiger partial charge in [0.2, 0.25) is 0 Å². The summed E-state index contributed by atoms with van der Waals surface area (Å²) in [6, 6.07) is 54.3. The number of aromatic nitrogens is 2. The quantitative estimate of drug-likeness (QED) is 0.191. The van der Waals surface area contributed by atoms with Gasteiger partial charge in [-0.3, -0.25) is 0 Å². The Labute approximate surface area is 266 Å². The molecule has 0 aliphatic heterocycles. The third-order valence-corrected chi connectivity index (χ3v) is 10.5. The molecule has 2 aliphatic carbocycles. The van der Waals surface area contributed by atoms with Crippen LogP contribution in [0.4, 0.5) is 0 Å². The van der Waals surface area contributed by atoms with E-state index in [9.17, 15) is 0 Å². The number of nitrogens with zero attached hydrogens (tertiary/aromatic N) is 2. The number of hydrogen-bond acceptors (Lipinski definition) is 0. The summed E-state index contributed by atoms with van der Waals surface area (Å²) in [6.07, 6.45) is 1.97. The summed E-state index contributed by atoms with van der Waals surface area (Å²) in [7, 11) is 0. The van der Waals surface area contributed by atoms with Crippen molar-refractivity contribution in [2.75, 3.05) is 0 Å². The molecule has 46 heavy (non-hydrogen) atoms. The Balaban J connectivity index is 1.18. The van der Waals surface area contributed by atoms with Gasteiger partial charge in [-0.1, -0.05) is 97.1 Å². The Bertz CT molecular complexity index is 2560. The lowest BCUT2D eigenvalue weighted by Gasteiger charge is -2.12. The van der Waals surface area contributed by atoms with Crippen LogP contribution in [0.15, 0.2) is 146 Å². The average Bonchev–Trinajstić information content (AvgIpc) is 3.84. The molecule has 0 bridgehead atoms. The largest absolute Gasteiger partial charge is 0.309 e. The van der Waals surface area contributed by atoms with Crippen molar-refractivity contribution in [3.63, 3.8) is 0 Å². The van der Waals surface area contributed by atoms with Crippen molar-refractivity contribution in [3.8, 4) is 33.6 Å². The number of fused-ring (bicyclic) bond motifs is 13. The fourth-order valence-corrected chi connectivity index (χ4v) is 8.62. The minimum Gasteiger partial charge on any atom is -0.309 e. The van der Waals surface area contributed by atoms with Gasteiger partial charge in [-0.25, -0.2) is 0 Å². The first-order valence-corrected chi connectivity index (χ1v) is 16.2. The Hall–Kier alpha value is -5.86. The van der Waals surface area contributed by atoms with Crippen molar-refractivity contribution < 1.29 is 0 Å². The van der Waals surface area contributed by atoms with E-state index < -0.39 is 0 Å². The summed E-state index contributed by atoms with van der Waals surface area (Å²) in [5, 5.41) is 5.22. The second-order valence-corrected chi connectivity index (χ2v) is 12.9. The molecular formula is C44H28N2. The molecule has 0 saturated heterocycles. The predicted octanol–water partition coefficient (Wildman–Crippen LogP) is 11.0. The van der Waals surface area contributed by atoms with Crippen molar-refractivity contribution in [2.45, 2.75) is 12.8 Å². The maximum absolute atomic E-state index is 2.48. The van der Waals surface area contributed by atoms with Crippen LogP contribution in [0.5, 0.6) is 0 Å². The zero-order valence-corrected chi connectivity index (χ0v) is 25.2. The standard InChI is InChI=1S/C44H28N2/c1-3-11-33-27(9-1)23-29-25-31(17-19-35(29)33)45-39-15-7-5-13-37(39)43-41(45)21-22-42-44(43)38-14-6-8-16-40(38)46(42)32-18-20-36-30(26-32)24-28-10-2-4-12-34(28)36/h1-22,25-26H,23-24H2. The normalized spacial score (nSPS) is 13.0. The molecule has 2 heteroatoms. The van der Waals surface area contributed by atoms with Gasteiger partial charge in [-0.15, -0.1) is 0 Å². The molecular weight excluding hydrogens is 556 g/mol. The maximum atomic E-state index is 2.48. The summed E-state index contributed by atoms with van der Waals surface area (Å²) in [5.41, 5.74) is 18.5. The number of hydrogen-bond donors (Lipinski definition) is 0. The molecule has 0 amide bonds. The first-order chi connectivity index (χ1) is 22.8. The fourth-order valence-electron chi connectivity index (χ4n) is 8.62. The summed E-state index contributed by atoms with van der Waals surface area (Å²) in [4.78, 5) is 0. The van der Waals surface area contributed by atoms with Gasteiger partial charge in [0.25, 0.3) is 0 Å². The molecule has 0 atom stereocenters. The van der Waals surface area contributed by atoms with Crippen LogP contribution in [0.25, 0.3) is 77.2 Å². The van der Waals surface area contributed by atoms with Crippen LogP contribution < -0.4 is 0 Å². The molecule has 2 heterocycles. The monoisotopic (exact) mass is 584 g/mol. The fraction of sp³-hybridized carbons (Fsp3) is 0.0455. The SMILES string of the molecule is c1ccc2c(c1)Cc1cc(-n3c4ccccc4c4c5c6ccccc6n(-c6ccc7c(c6)Cc6ccccc6-7)c5ccc43)ccc1-2. The summed E-state index contributed by atoms with van der Waals surface area (Å²) < 4.78 is 4.96. The molecule has 0 saturated carbocycles. The lowest BCUT2D eigenvalue weighted by molar-refractivity contribution is 1.15. The van der Waals surface area contributed by atoms with E-state index >= 15 is 0 Å². The van der Waals surface area contributed by atoms with E-state index in [1.54, 1.807) is 0 Å². The zero-order chi connectivity index (χ0) is 29.9. The lowest BCUT2D eigenvalue weighted by atomic mass is 10.0. The van der Waals surface area contributed by atoms with E-state index in [0.29, 0.717) is 0 Å². The zero-order valence-electron chi connectivity index (χ0n) is 25.2. The number of benzene rings is 7. The molecule has 0 spiro atoms. The summed E-state index contributed by atoms with van der Waals surface area (Å²) in [6.45, 7) is 0. The van der Waals surface area contributed by atoms with Crippen LogP contribution in [-0.4, -0.2) is 9.13 Å². The topological polar surface area (TPSA) is 9.86 Å². The smallest absolute Gasteiger partial charge is 0.0548 e. The maximum Gasteiger partial charge on any atom is 0.0548 e. The van der Waals surface area contributed by atoms with Gasteiger partial charge in [0, 0.05) is 32.9 Å². The van der Waals surface area contributed by atoms with Gasteiger partial charge in [-0.05, 0) is 106 Å². The van der Waals surface area contributed by atoms with Crippen molar-refractivity contribution in [1.82, 2.24) is 9.13 Å². The van der Waals surface area contributed by atoms with Crippen LogP contribution in [-0.2, 0) is 12.8 Å². The highest BCUT2D eigenvalue weighted by atomic mass is 15.0. The Morgan fingerprint density at radius 3 is 1.24 bits per heavy atom. The van der Waals surface area contributed by atoms with Crippen LogP contribution in [0.2, 0.25) is 0 Å². The highest BCUT2D eigenvalue weighted by molar-refractivity contribution is 6.28. The van der Waals surface area contributed by atoms with Gasteiger partial charge < -0.3 is 9.13 Å². The molecule has 0 fully saturated rings. The highest BCUT2D eigenvalue weighted by Gasteiger charge is 2.24. The van der Waals surface area contributed by atoms with Gasteiger partial charge in [0.1, 0.15) is 0 Å². The van der Waals surface area contributed by atoms with Gasteiger partial charge in [0.05, 0.1) is 22.1 Å². The number of rotatable bonds is 2. The van der Waals surface area contributed by atoms with E-state index in [4.69, 9.17) is 0 Å². The molecule has 2 aromatic heterocycles. The molecule has 9 aromatic rings. The van der Waals surface area contributed by atoms with E-state index in [0.717, 1.165) is 12.8 Å². The molecule has 214 valence electrons. The molecule has 2 nitrogen and oxygen atoms in total. The van der Waals surface area contributed by atoms with Gasteiger partial charge in [0.15, 0.2) is 0 Å². The van der Waals surface area contributed by atoms with Gasteiger partial charge in [-0.2, -0.15) is 0 Å². The van der Waals surface area contributed by atoms with Gasteiger partial charge >= 0.3 is 0 Å². The van der Waals surface area contributed by atoms with E-state index in [1.165, 1.54) is 99.5 Å². The molecule has 0 unspecified atom stereocenters. The Morgan fingerprint density at radius 2 is 0.739 bits per heavy atom. The highest BCUT2D eigenvalue weighted by Crippen LogP contribution is 2.45. The van der Waals surface area contributed by atoms with Crippen LogP contribution >= 0.6 is 0 Å². The van der Waals surface area contributed by atoms with Crippen molar-refractivity contribution in [3.05, 3.63) is 168 Å². The van der Waals surface area contributed by atoms with Crippen molar-refractivity contribution in [2.24, 2.45) is 0 Å². The molecule has 0 N–H and O–H groups in total. The lowest BCUT2D eigenvalue weighted by Crippen LogP contribution is -1.96. The van der Waals surface area contributed by atoms with E-state index in [2.05, 4.69) is 155 Å². The average molecular weight is 585 g/mol. The van der Waals surface area contributed by atoms with E-state index in [1.807, 2.05) is 0 Å². The molecule has 2 aliphatic rings. The minimum atomic E-state index is 0.986. The van der Waals surface area contributed by atoms with Crippen LogP contribution in [0.1, 0.15) is 22.3 Å². The first kappa shape index (κ1) is 24.5. The second kappa shape index (κ2) is 8.87. The summed E-state index contributed by atoms with van der Waals surface area (Å²) >= 11 is 0. The van der Waals surface area contributed by atoms with E-state index in [-0.39, 0.29) is 0 Å². The predicted molar refractivity (Wildman–Crippen MR) is 192 cm³/mol. The molecule has 0 radical (unpaired) electrons. The Morgan fingerprint density at radius 1 is 0.326 bits per heavy atom.